The number of carbonyl (C=O) groups is 1. The van der Waals surface area contributed by atoms with Gasteiger partial charge in [-0.05, 0) is 73.9 Å². The molecule has 0 unspecified atom stereocenters. The molecule has 1 aliphatic rings. The number of likely N-dealkylation sites (tertiary alicyclic amines) is 1. The van der Waals surface area contributed by atoms with Gasteiger partial charge in [-0.3, -0.25) is 4.79 Å². The van der Waals surface area contributed by atoms with Crippen LogP contribution >= 0.6 is 0 Å². The summed E-state index contributed by atoms with van der Waals surface area (Å²) in [4.78, 5) is 27.4. The van der Waals surface area contributed by atoms with E-state index in [1.54, 1.807) is 12.3 Å². The Balaban J connectivity index is 1.16. The van der Waals surface area contributed by atoms with Crippen LogP contribution in [0.4, 0.5) is 30.6 Å². The van der Waals surface area contributed by atoms with Crippen molar-refractivity contribution in [1.82, 2.24) is 19.9 Å². The Morgan fingerprint density at radius 2 is 1.76 bits per heavy atom. The smallest absolute Gasteiger partial charge is 0.416 e. The third kappa shape index (κ3) is 7.50. The fourth-order valence-electron chi connectivity index (χ4n) is 4.55. The summed E-state index contributed by atoms with van der Waals surface area (Å²) in [5.74, 6) is 1.79. The monoisotopic (exact) mass is 562 g/mol. The highest BCUT2D eigenvalue weighted by molar-refractivity contribution is 5.78. The van der Waals surface area contributed by atoms with Gasteiger partial charge in [0.2, 0.25) is 0 Å². The molecular weight excluding hydrogens is 533 g/mol. The van der Waals surface area contributed by atoms with E-state index in [-0.39, 0.29) is 24.4 Å². The summed E-state index contributed by atoms with van der Waals surface area (Å²) >= 11 is 0. The number of benzene rings is 1. The molecule has 11 heteroatoms. The second-order valence-corrected chi connectivity index (χ2v) is 9.80. The molecule has 41 heavy (non-hydrogen) atoms. The highest BCUT2D eigenvalue weighted by Crippen LogP contribution is 2.31. The number of halogens is 3. The summed E-state index contributed by atoms with van der Waals surface area (Å²) in [6, 6.07) is 18.7. The molecule has 0 bridgehead atoms. The van der Waals surface area contributed by atoms with E-state index in [2.05, 4.69) is 25.6 Å². The molecule has 3 aromatic heterocycles. The molecule has 1 aromatic carbocycles. The van der Waals surface area contributed by atoms with Crippen molar-refractivity contribution in [2.24, 2.45) is 0 Å². The van der Waals surface area contributed by atoms with Crippen molar-refractivity contribution in [1.29, 1.82) is 0 Å². The van der Waals surface area contributed by atoms with Gasteiger partial charge < -0.3 is 20.3 Å². The Morgan fingerprint density at radius 1 is 0.976 bits per heavy atom. The average Bonchev–Trinajstić information content (AvgIpc) is 2.97. The molecule has 0 aliphatic carbocycles. The quantitative estimate of drug-likeness (QED) is 0.268. The molecule has 0 saturated carbocycles. The van der Waals surface area contributed by atoms with E-state index in [0.29, 0.717) is 36.2 Å². The zero-order valence-corrected chi connectivity index (χ0v) is 22.4. The molecule has 4 heterocycles. The van der Waals surface area contributed by atoms with Gasteiger partial charge in [-0.1, -0.05) is 18.2 Å². The summed E-state index contributed by atoms with van der Waals surface area (Å²) in [5.41, 5.74) is 1.48. The number of piperidine rings is 1. The second kappa shape index (κ2) is 12.2. The molecule has 0 spiro atoms. The van der Waals surface area contributed by atoms with Crippen molar-refractivity contribution in [2.45, 2.75) is 32.0 Å². The predicted molar refractivity (Wildman–Crippen MR) is 150 cm³/mol. The lowest BCUT2D eigenvalue weighted by molar-refractivity contribution is -0.137. The first-order valence-corrected chi connectivity index (χ1v) is 13.2. The summed E-state index contributed by atoms with van der Waals surface area (Å²) in [7, 11) is 0. The minimum absolute atomic E-state index is 0.0197. The minimum atomic E-state index is -4.46. The van der Waals surface area contributed by atoms with E-state index in [9.17, 15) is 18.0 Å². The number of rotatable bonds is 8. The van der Waals surface area contributed by atoms with Crippen molar-refractivity contribution < 1.29 is 22.7 Å². The molecule has 0 atom stereocenters. The van der Waals surface area contributed by atoms with Crippen LogP contribution in [0.1, 0.15) is 24.0 Å². The van der Waals surface area contributed by atoms with E-state index >= 15 is 0 Å². The number of nitrogens with one attached hydrogen (secondary N) is 2. The van der Waals surface area contributed by atoms with E-state index < -0.39 is 11.7 Å². The number of pyridine rings is 3. The normalized spacial score (nSPS) is 14.0. The van der Waals surface area contributed by atoms with Crippen LogP contribution in [0.5, 0.6) is 5.75 Å². The molecule has 0 radical (unpaired) electrons. The van der Waals surface area contributed by atoms with Gasteiger partial charge in [-0.15, -0.1) is 0 Å². The number of hydrogen-bond donors (Lipinski definition) is 2. The standard InChI is InChI=1S/C30H29F3N6O2/c1-20-15-25(37-28(16-20)38-27-17-22(9-12-34-27)30(31,32)33)21-7-8-26(35-18-21)36-23-10-13-39(14-11-23)29(40)19-41-24-5-3-2-4-6-24/h2-9,12,15-18,23H,10-11,13-14,19H2,1H3,(H,35,36)(H,34,37,38). The zero-order chi connectivity index (χ0) is 28.8. The Hall–Kier alpha value is -4.67. The maximum atomic E-state index is 13.1. The topological polar surface area (TPSA) is 92.3 Å². The first kappa shape index (κ1) is 27.9. The Bertz CT molecular complexity index is 1470. The van der Waals surface area contributed by atoms with Gasteiger partial charge in [0, 0.05) is 37.1 Å². The highest BCUT2D eigenvalue weighted by atomic mass is 19.4. The molecule has 4 aromatic rings. The summed E-state index contributed by atoms with van der Waals surface area (Å²) in [6.45, 7) is 3.17. The van der Waals surface area contributed by atoms with Gasteiger partial charge in [-0.25, -0.2) is 15.0 Å². The zero-order valence-electron chi connectivity index (χ0n) is 22.4. The van der Waals surface area contributed by atoms with Gasteiger partial charge in [0.1, 0.15) is 23.2 Å². The van der Waals surface area contributed by atoms with E-state index in [1.807, 2.05) is 60.4 Å². The molecule has 1 saturated heterocycles. The molecule has 1 fully saturated rings. The van der Waals surface area contributed by atoms with Gasteiger partial charge >= 0.3 is 6.18 Å². The lowest BCUT2D eigenvalue weighted by atomic mass is 10.0. The minimum Gasteiger partial charge on any atom is -0.484 e. The Morgan fingerprint density at radius 3 is 2.46 bits per heavy atom. The summed E-state index contributed by atoms with van der Waals surface area (Å²) in [5, 5.41) is 6.31. The van der Waals surface area contributed by atoms with Crippen LogP contribution in [0.25, 0.3) is 11.3 Å². The number of para-hydroxylation sites is 1. The van der Waals surface area contributed by atoms with Gasteiger partial charge in [0.15, 0.2) is 6.61 Å². The SMILES string of the molecule is Cc1cc(Nc2cc(C(F)(F)F)ccn2)nc(-c2ccc(NC3CCN(C(=O)COc4ccccc4)CC3)nc2)c1. The van der Waals surface area contributed by atoms with Crippen LogP contribution in [0.2, 0.25) is 0 Å². The fourth-order valence-corrected chi connectivity index (χ4v) is 4.55. The number of ether oxygens (including phenoxy) is 1. The maximum Gasteiger partial charge on any atom is 0.416 e. The highest BCUT2D eigenvalue weighted by Gasteiger charge is 2.30. The van der Waals surface area contributed by atoms with Crippen molar-refractivity contribution in [2.75, 3.05) is 30.3 Å². The van der Waals surface area contributed by atoms with E-state index in [1.165, 1.54) is 0 Å². The number of nitrogens with zero attached hydrogens (tertiary/aromatic N) is 4. The van der Waals surface area contributed by atoms with Gasteiger partial charge in [-0.2, -0.15) is 13.2 Å². The van der Waals surface area contributed by atoms with Crippen LogP contribution in [-0.2, 0) is 11.0 Å². The third-order valence-corrected chi connectivity index (χ3v) is 6.68. The first-order valence-electron chi connectivity index (χ1n) is 13.2. The predicted octanol–water partition coefficient (Wildman–Crippen LogP) is 6.09. The number of carbonyl (C=O) groups excluding carboxylic acids is 1. The van der Waals surface area contributed by atoms with Crippen molar-refractivity contribution in [3.63, 3.8) is 0 Å². The molecule has 2 N–H and O–H groups in total. The van der Waals surface area contributed by atoms with Gasteiger partial charge in [0.25, 0.3) is 5.91 Å². The lowest BCUT2D eigenvalue weighted by Gasteiger charge is -2.32. The molecular formula is C30H29F3N6O2. The molecule has 5 rings (SSSR count). The number of hydrogen-bond acceptors (Lipinski definition) is 7. The molecule has 1 aliphatic heterocycles. The third-order valence-electron chi connectivity index (χ3n) is 6.68. The number of anilines is 3. The maximum absolute atomic E-state index is 13.1. The lowest BCUT2D eigenvalue weighted by Crippen LogP contribution is -2.44. The number of amides is 1. The summed E-state index contributed by atoms with van der Waals surface area (Å²) in [6.07, 6.45) is -0.0648. The van der Waals surface area contributed by atoms with Crippen molar-refractivity contribution in [3.8, 4) is 17.0 Å². The van der Waals surface area contributed by atoms with Gasteiger partial charge in [0.05, 0.1) is 11.3 Å². The number of aryl methyl sites for hydroxylation is 1. The largest absolute Gasteiger partial charge is 0.484 e. The van der Waals surface area contributed by atoms with Crippen LogP contribution < -0.4 is 15.4 Å². The Kier molecular flexibility index (Phi) is 8.32. The number of aromatic nitrogens is 3. The Labute approximate surface area is 235 Å². The molecule has 1 amide bonds. The first-order chi connectivity index (χ1) is 19.7. The fraction of sp³-hybridized carbons (Fsp3) is 0.267. The molecule has 8 nitrogen and oxygen atoms in total. The van der Waals surface area contributed by atoms with Crippen LogP contribution in [0.15, 0.2) is 79.1 Å². The van der Waals surface area contributed by atoms with Crippen LogP contribution in [0.3, 0.4) is 0 Å². The summed E-state index contributed by atoms with van der Waals surface area (Å²) < 4.78 is 44.8. The van der Waals surface area contributed by atoms with Crippen LogP contribution in [0, 0.1) is 6.92 Å². The van der Waals surface area contributed by atoms with Crippen LogP contribution in [-0.4, -0.2) is 51.5 Å². The van der Waals surface area contributed by atoms with E-state index in [0.717, 1.165) is 42.3 Å². The molecule has 212 valence electrons. The van der Waals surface area contributed by atoms with E-state index in [4.69, 9.17) is 4.74 Å². The van der Waals surface area contributed by atoms with Crippen molar-refractivity contribution in [3.05, 3.63) is 90.3 Å². The number of alkyl halides is 3. The van der Waals surface area contributed by atoms with Crippen molar-refractivity contribution >= 4 is 23.4 Å². The average molecular weight is 563 g/mol. The second-order valence-electron chi connectivity index (χ2n) is 9.80.